The lowest BCUT2D eigenvalue weighted by Crippen LogP contribution is -2.14. The molecule has 0 saturated heterocycles. The zero-order chi connectivity index (χ0) is 17.8. The van der Waals surface area contributed by atoms with Crippen molar-refractivity contribution in [1.29, 1.82) is 0 Å². The van der Waals surface area contributed by atoms with Gasteiger partial charge in [-0.1, -0.05) is 53.7 Å². The Morgan fingerprint density at radius 1 is 1.16 bits per heavy atom. The Morgan fingerprint density at radius 2 is 1.88 bits per heavy atom. The van der Waals surface area contributed by atoms with Crippen molar-refractivity contribution in [2.45, 2.75) is 17.3 Å². The molecule has 1 heterocycles. The molecule has 8 heteroatoms. The molecule has 0 aliphatic rings. The monoisotopic (exact) mass is 374 g/mol. The second-order valence-electron chi connectivity index (χ2n) is 5.32. The second-order valence-corrected chi connectivity index (χ2v) is 6.70. The van der Waals surface area contributed by atoms with E-state index in [1.165, 1.54) is 16.4 Å². The highest BCUT2D eigenvalue weighted by Gasteiger charge is 2.14. The van der Waals surface area contributed by atoms with Crippen molar-refractivity contribution in [2.75, 3.05) is 5.84 Å². The molecule has 0 radical (unpaired) electrons. The van der Waals surface area contributed by atoms with Crippen molar-refractivity contribution in [2.24, 2.45) is 0 Å². The molecule has 0 amide bonds. The Bertz CT molecular complexity index is 896. The Labute approximate surface area is 153 Å². The molecule has 3 N–H and O–H groups in total. The molecule has 0 aliphatic heterocycles. The van der Waals surface area contributed by atoms with Crippen molar-refractivity contribution in [3.63, 3.8) is 0 Å². The van der Waals surface area contributed by atoms with Crippen LogP contribution >= 0.6 is 23.4 Å². The van der Waals surface area contributed by atoms with E-state index < -0.39 is 5.97 Å². The summed E-state index contributed by atoms with van der Waals surface area (Å²) in [5.74, 6) is 6.19. The number of benzene rings is 2. The fourth-order valence-corrected chi connectivity index (χ4v) is 3.31. The molecule has 25 heavy (non-hydrogen) atoms. The Kier molecular flexibility index (Phi) is 5.25. The predicted molar refractivity (Wildman–Crippen MR) is 97.4 cm³/mol. The summed E-state index contributed by atoms with van der Waals surface area (Å²) in [5, 5.41) is 18.7. The third-order valence-electron chi connectivity index (χ3n) is 3.62. The van der Waals surface area contributed by atoms with Crippen molar-refractivity contribution in [3.8, 4) is 0 Å². The van der Waals surface area contributed by atoms with Gasteiger partial charge in [0.1, 0.15) is 0 Å². The minimum Gasteiger partial charge on any atom is -0.478 e. The largest absolute Gasteiger partial charge is 0.478 e. The van der Waals surface area contributed by atoms with Gasteiger partial charge < -0.3 is 10.9 Å². The molecule has 0 bridgehead atoms. The highest BCUT2D eigenvalue weighted by Crippen LogP contribution is 2.23. The number of aromatic nitrogens is 3. The van der Waals surface area contributed by atoms with Crippen LogP contribution < -0.4 is 5.84 Å². The first-order chi connectivity index (χ1) is 12.0. The van der Waals surface area contributed by atoms with Gasteiger partial charge in [0.25, 0.3) is 0 Å². The van der Waals surface area contributed by atoms with Gasteiger partial charge in [-0.05, 0) is 29.3 Å². The molecule has 1 aromatic heterocycles. The van der Waals surface area contributed by atoms with Gasteiger partial charge in [0.2, 0.25) is 5.16 Å². The van der Waals surface area contributed by atoms with Crippen molar-refractivity contribution >= 4 is 29.3 Å². The quantitative estimate of drug-likeness (QED) is 0.508. The molecule has 0 aliphatic carbocycles. The van der Waals surface area contributed by atoms with E-state index in [0.717, 1.165) is 5.56 Å². The van der Waals surface area contributed by atoms with E-state index >= 15 is 0 Å². The molecular formula is C17H15ClN4O2S. The molecule has 2 aromatic carbocycles. The van der Waals surface area contributed by atoms with Crippen LogP contribution in [-0.2, 0) is 12.2 Å². The minimum absolute atomic E-state index is 0.277. The second kappa shape index (κ2) is 7.58. The zero-order valence-electron chi connectivity index (χ0n) is 13.1. The van der Waals surface area contributed by atoms with Crippen molar-refractivity contribution in [1.82, 2.24) is 14.9 Å². The number of rotatable bonds is 6. The van der Waals surface area contributed by atoms with Gasteiger partial charge in [0.05, 0.1) is 5.56 Å². The van der Waals surface area contributed by atoms with Gasteiger partial charge in [0.15, 0.2) is 5.82 Å². The summed E-state index contributed by atoms with van der Waals surface area (Å²) in [6.07, 6.45) is 0.535. The fourth-order valence-electron chi connectivity index (χ4n) is 2.31. The summed E-state index contributed by atoms with van der Waals surface area (Å²) in [5.41, 5.74) is 2.01. The van der Waals surface area contributed by atoms with E-state index in [0.29, 0.717) is 33.7 Å². The van der Waals surface area contributed by atoms with Gasteiger partial charge in [-0.15, -0.1) is 10.2 Å². The summed E-state index contributed by atoms with van der Waals surface area (Å²) in [4.78, 5) is 11.3. The first kappa shape index (κ1) is 17.3. The third-order valence-corrected chi connectivity index (χ3v) is 4.86. The number of hydrogen-bond donors (Lipinski definition) is 2. The van der Waals surface area contributed by atoms with Gasteiger partial charge in [-0.25, -0.2) is 9.47 Å². The highest BCUT2D eigenvalue weighted by atomic mass is 35.5. The van der Waals surface area contributed by atoms with Crippen LogP contribution in [0.1, 0.15) is 27.3 Å². The minimum atomic E-state index is -0.950. The van der Waals surface area contributed by atoms with Gasteiger partial charge in [-0.2, -0.15) is 0 Å². The Hall–Kier alpha value is -2.51. The number of carbonyl (C=O) groups is 1. The summed E-state index contributed by atoms with van der Waals surface area (Å²) in [7, 11) is 0. The maximum atomic E-state index is 11.3. The van der Waals surface area contributed by atoms with Crippen LogP contribution in [0.3, 0.4) is 0 Å². The number of carboxylic acid groups (broad SMARTS) is 1. The SMILES string of the molecule is Nn1c(Cc2ccc(Cl)cc2)nnc1SCc1ccccc1C(=O)O. The molecule has 0 fully saturated rings. The van der Waals surface area contributed by atoms with Crippen LogP contribution in [-0.4, -0.2) is 25.9 Å². The van der Waals surface area contributed by atoms with Gasteiger partial charge in [-0.3, -0.25) is 0 Å². The molecule has 0 saturated carbocycles. The lowest BCUT2D eigenvalue weighted by molar-refractivity contribution is 0.0696. The normalized spacial score (nSPS) is 10.8. The summed E-state index contributed by atoms with van der Waals surface area (Å²) >= 11 is 7.23. The lowest BCUT2D eigenvalue weighted by Gasteiger charge is -2.06. The van der Waals surface area contributed by atoms with Crippen LogP contribution in [0.5, 0.6) is 0 Å². The first-order valence-electron chi connectivity index (χ1n) is 7.42. The van der Waals surface area contributed by atoms with E-state index in [9.17, 15) is 9.90 Å². The topological polar surface area (TPSA) is 94.0 Å². The standard InChI is InChI=1S/C17H15ClN4O2S/c18-13-7-5-11(6-8-13)9-15-20-21-17(22(15)19)25-10-12-3-1-2-4-14(12)16(23)24/h1-8H,9-10,19H2,(H,23,24). The number of thioether (sulfide) groups is 1. The Morgan fingerprint density at radius 3 is 2.60 bits per heavy atom. The molecule has 0 spiro atoms. The first-order valence-corrected chi connectivity index (χ1v) is 8.79. The lowest BCUT2D eigenvalue weighted by atomic mass is 10.1. The molecule has 0 unspecified atom stereocenters. The number of nitrogens with zero attached hydrogens (tertiary/aromatic N) is 3. The number of hydrogen-bond acceptors (Lipinski definition) is 5. The van der Waals surface area contributed by atoms with Crippen LogP contribution in [0.2, 0.25) is 5.02 Å². The zero-order valence-corrected chi connectivity index (χ0v) is 14.7. The molecule has 6 nitrogen and oxygen atoms in total. The van der Waals surface area contributed by atoms with Crippen LogP contribution in [0.15, 0.2) is 53.7 Å². The molecule has 128 valence electrons. The molecule has 3 rings (SSSR count). The number of nitrogens with two attached hydrogens (primary N) is 1. The number of carboxylic acids is 1. The van der Waals surface area contributed by atoms with E-state index in [1.807, 2.05) is 30.3 Å². The fraction of sp³-hybridized carbons (Fsp3) is 0.118. The molecular weight excluding hydrogens is 360 g/mol. The van der Waals surface area contributed by atoms with Crippen LogP contribution in [0.4, 0.5) is 0 Å². The van der Waals surface area contributed by atoms with Gasteiger partial charge in [0, 0.05) is 17.2 Å². The molecule has 0 atom stereocenters. The van der Waals surface area contributed by atoms with E-state index in [1.54, 1.807) is 18.2 Å². The predicted octanol–water partition coefficient (Wildman–Crippen LogP) is 3.23. The highest BCUT2D eigenvalue weighted by molar-refractivity contribution is 7.98. The van der Waals surface area contributed by atoms with E-state index in [4.69, 9.17) is 17.4 Å². The summed E-state index contributed by atoms with van der Waals surface area (Å²) < 4.78 is 1.43. The Balaban J connectivity index is 1.71. The maximum Gasteiger partial charge on any atom is 0.335 e. The van der Waals surface area contributed by atoms with Crippen molar-refractivity contribution < 1.29 is 9.90 Å². The van der Waals surface area contributed by atoms with E-state index in [-0.39, 0.29) is 5.56 Å². The molecule has 3 aromatic rings. The van der Waals surface area contributed by atoms with Gasteiger partial charge >= 0.3 is 5.97 Å². The average molecular weight is 375 g/mol. The van der Waals surface area contributed by atoms with Crippen molar-refractivity contribution in [3.05, 3.63) is 76.1 Å². The summed E-state index contributed by atoms with van der Waals surface area (Å²) in [6, 6.07) is 14.3. The smallest absolute Gasteiger partial charge is 0.335 e. The van der Waals surface area contributed by atoms with Crippen LogP contribution in [0.25, 0.3) is 0 Å². The van der Waals surface area contributed by atoms with Crippen LogP contribution in [0, 0.1) is 0 Å². The average Bonchev–Trinajstić information content (AvgIpc) is 2.95. The summed E-state index contributed by atoms with van der Waals surface area (Å²) in [6.45, 7) is 0. The number of halogens is 1. The van der Waals surface area contributed by atoms with E-state index in [2.05, 4.69) is 10.2 Å². The third kappa shape index (κ3) is 4.12. The maximum absolute atomic E-state index is 11.3. The number of aromatic carboxylic acids is 1. The number of nitrogen functional groups attached to an aromatic ring is 1.